The van der Waals surface area contributed by atoms with Crippen LogP contribution in [0.25, 0.3) is 0 Å². The van der Waals surface area contributed by atoms with Crippen LogP contribution in [0.1, 0.15) is 41.6 Å². The molecule has 0 unspecified atom stereocenters. The Balaban J connectivity index is 1.95. The van der Waals surface area contributed by atoms with Gasteiger partial charge in [0, 0.05) is 32.2 Å². The standard InChI is InChI=1S/C18H24N2O5/c1-19-17(24)14-4-2-3-13(11-14)5-6-15(21)20-18(12-16(22)23)7-9-25-10-8-18/h2-4,11H,5-10,12H2,1H3,(H,19,24)(H,20,21)(H,22,23). The second-order valence-electron chi connectivity index (χ2n) is 6.29. The summed E-state index contributed by atoms with van der Waals surface area (Å²) in [6.07, 6.45) is 1.61. The molecule has 1 aliphatic heterocycles. The zero-order chi connectivity index (χ0) is 18.3. The Bertz CT molecular complexity index is 638. The van der Waals surface area contributed by atoms with E-state index in [1.165, 1.54) is 0 Å². The second kappa shape index (κ2) is 8.62. The predicted octanol–water partition coefficient (Wildman–Crippen LogP) is 1.12. The molecule has 0 spiro atoms. The summed E-state index contributed by atoms with van der Waals surface area (Å²) in [5, 5.41) is 14.6. The molecule has 7 heteroatoms. The van der Waals surface area contributed by atoms with E-state index in [0.29, 0.717) is 38.0 Å². The molecule has 1 saturated heterocycles. The van der Waals surface area contributed by atoms with Crippen LogP contribution in [0, 0.1) is 0 Å². The Morgan fingerprint density at radius 3 is 2.60 bits per heavy atom. The molecule has 0 aliphatic carbocycles. The predicted molar refractivity (Wildman–Crippen MR) is 91.3 cm³/mol. The molecule has 136 valence electrons. The van der Waals surface area contributed by atoms with Crippen LogP contribution in [0.5, 0.6) is 0 Å². The largest absolute Gasteiger partial charge is 0.481 e. The van der Waals surface area contributed by atoms with E-state index >= 15 is 0 Å². The molecule has 3 N–H and O–H groups in total. The summed E-state index contributed by atoms with van der Waals surface area (Å²) in [5.74, 6) is -1.29. The smallest absolute Gasteiger partial charge is 0.305 e. The molecule has 25 heavy (non-hydrogen) atoms. The van der Waals surface area contributed by atoms with Crippen molar-refractivity contribution in [2.24, 2.45) is 0 Å². The first-order valence-corrected chi connectivity index (χ1v) is 8.36. The number of ether oxygens (including phenoxy) is 1. The number of nitrogens with one attached hydrogen (secondary N) is 2. The third kappa shape index (κ3) is 5.56. The van der Waals surface area contributed by atoms with Crippen molar-refractivity contribution in [1.82, 2.24) is 10.6 Å². The van der Waals surface area contributed by atoms with Gasteiger partial charge in [-0.2, -0.15) is 0 Å². The number of carbonyl (C=O) groups excluding carboxylic acids is 2. The number of benzene rings is 1. The van der Waals surface area contributed by atoms with E-state index in [1.807, 2.05) is 6.07 Å². The molecule has 0 saturated carbocycles. The SMILES string of the molecule is CNC(=O)c1cccc(CCC(=O)NC2(CC(=O)O)CCOCC2)c1. The summed E-state index contributed by atoms with van der Waals surface area (Å²) < 4.78 is 5.28. The molecule has 0 bridgehead atoms. The van der Waals surface area contributed by atoms with E-state index in [9.17, 15) is 14.4 Å². The molecular weight excluding hydrogens is 324 g/mol. The first kappa shape index (κ1) is 18.9. The van der Waals surface area contributed by atoms with Gasteiger partial charge in [-0.15, -0.1) is 0 Å². The van der Waals surface area contributed by atoms with Crippen LogP contribution in [0.2, 0.25) is 0 Å². The Morgan fingerprint density at radius 2 is 1.96 bits per heavy atom. The van der Waals surface area contributed by atoms with Gasteiger partial charge in [-0.1, -0.05) is 12.1 Å². The fourth-order valence-electron chi connectivity index (χ4n) is 3.03. The van der Waals surface area contributed by atoms with E-state index in [1.54, 1.807) is 25.2 Å². The van der Waals surface area contributed by atoms with Crippen molar-refractivity contribution in [3.63, 3.8) is 0 Å². The van der Waals surface area contributed by atoms with E-state index in [2.05, 4.69) is 10.6 Å². The highest BCUT2D eigenvalue weighted by atomic mass is 16.5. The number of rotatable bonds is 7. The topological polar surface area (TPSA) is 105 Å². The van der Waals surface area contributed by atoms with Crippen molar-refractivity contribution >= 4 is 17.8 Å². The van der Waals surface area contributed by atoms with Gasteiger partial charge < -0.3 is 20.5 Å². The summed E-state index contributed by atoms with van der Waals surface area (Å²) in [4.78, 5) is 35.1. The number of aryl methyl sites for hydroxylation is 1. The van der Waals surface area contributed by atoms with Crippen molar-refractivity contribution in [3.05, 3.63) is 35.4 Å². The van der Waals surface area contributed by atoms with Crippen molar-refractivity contribution < 1.29 is 24.2 Å². The van der Waals surface area contributed by atoms with Crippen LogP contribution in [0.3, 0.4) is 0 Å². The average molecular weight is 348 g/mol. The minimum atomic E-state index is -0.930. The first-order chi connectivity index (χ1) is 11.9. The maximum atomic E-state index is 12.3. The van der Waals surface area contributed by atoms with Crippen molar-refractivity contribution in [3.8, 4) is 0 Å². The number of amides is 2. The molecule has 2 amide bonds. The van der Waals surface area contributed by atoms with Gasteiger partial charge in [0.1, 0.15) is 0 Å². The zero-order valence-electron chi connectivity index (χ0n) is 14.3. The molecule has 0 radical (unpaired) electrons. The van der Waals surface area contributed by atoms with Crippen LogP contribution in [-0.2, 0) is 20.7 Å². The fourth-order valence-corrected chi connectivity index (χ4v) is 3.03. The highest BCUT2D eigenvalue weighted by Crippen LogP contribution is 2.25. The minimum absolute atomic E-state index is 0.103. The highest BCUT2D eigenvalue weighted by Gasteiger charge is 2.36. The number of carboxylic acid groups (broad SMARTS) is 1. The average Bonchev–Trinajstić information content (AvgIpc) is 2.59. The maximum absolute atomic E-state index is 12.3. The summed E-state index contributed by atoms with van der Waals surface area (Å²) >= 11 is 0. The molecule has 1 fully saturated rings. The minimum Gasteiger partial charge on any atom is -0.481 e. The van der Waals surface area contributed by atoms with Gasteiger partial charge >= 0.3 is 5.97 Å². The molecule has 1 aromatic rings. The molecule has 7 nitrogen and oxygen atoms in total. The van der Waals surface area contributed by atoms with E-state index < -0.39 is 11.5 Å². The number of carbonyl (C=O) groups is 3. The number of hydrogen-bond donors (Lipinski definition) is 3. The lowest BCUT2D eigenvalue weighted by atomic mass is 9.86. The van der Waals surface area contributed by atoms with Crippen LogP contribution < -0.4 is 10.6 Å². The second-order valence-corrected chi connectivity index (χ2v) is 6.29. The van der Waals surface area contributed by atoms with Crippen molar-refractivity contribution in [2.45, 2.75) is 37.6 Å². The Morgan fingerprint density at radius 1 is 1.24 bits per heavy atom. The molecule has 1 heterocycles. The van der Waals surface area contributed by atoms with E-state index in [4.69, 9.17) is 9.84 Å². The lowest BCUT2D eigenvalue weighted by Crippen LogP contribution is -2.53. The van der Waals surface area contributed by atoms with E-state index in [0.717, 1.165) is 5.56 Å². The molecule has 0 atom stereocenters. The molecule has 0 aromatic heterocycles. The van der Waals surface area contributed by atoms with Gasteiger partial charge in [0.15, 0.2) is 0 Å². The van der Waals surface area contributed by atoms with Crippen LogP contribution >= 0.6 is 0 Å². The van der Waals surface area contributed by atoms with Crippen molar-refractivity contribution in [2.75, 3.05) is 20.3 Å². The highest BCUT2D eigenvalue weighted by molar-refractivity contribution is 5.94. The maximum Gasteiger partial charge on any atom is 0.305 e. The normalized spacial score (nSPS) is 16.0. The Labute approximate surface area is 146 Å². The first-order valence-electron chi connectivity index (χ1n) is 8.36. The van der Waals surface area contributed by atoms with Crippen LogP contribution in [-0.4, -0.2) is 48.7 Å². The molecule has 1 aromatic carbocycles. The number of hydrogen-bond acceptors (Lipinski definition) is 4. The molecular formula is C18H24N2O5. The lowest BCUT2D eigenvalue weighted by Gasteiger charge is -2.36. The summed E-state index contributed by atoms with van der Waals surface area (Å²) in [7, 11) is 1.57. The fraction of sp³-hybridized carbons (Fsp3) is 0.500. The van der Waals surface area contributed by atoms with Gasteiger partial charge in [-0.25, -0.2) is 0 Å². The van der Waals surface area contributed by atoms with Crippen LogP contribution in [0.15, 0.2) is 24.3 Å². The third-order valence-corrected chi connectivity index (χ3v) is 4.40. The van der Waals surface area contributed by atoms with Gasteiger partial charge in [0.25, 0.3) is 5.91 Å². The molecule has 2 rings (SSSR count). The number of aliphatic carboxylic acids is 1. The quantitative estimate of drug-likeness (QED) is 0.685. The van der Waals surface area contributed by atoms with Gasteiger partial charge in [0.2, 0.25) is 5.91 Å². The Kier molecular flexibility index (Phi) is 6.52. The van der Waals surface area contributed by atoms with Gasteiger partial charge in [-0.3, -0.25) is 14.4 Å². The van der Waals surface area contributed by atoms with Gasteiger partial charge in [0.05, 0.1) is 12.0 Å². The lowest BCUT2D eigenvalue weighted by molar-refractivity contribution is -0.140. The van der Waals surface area contributed by atoms with Gasteiger partial charge in [-0.05, 0) is 37.0 Å². The zero-order valence-corrected chi connectivity index (χ0v) is 14.3. The monoisotopic (exact) mass is 348 g/mol. The van der Waals surface area contributed by atoms with Crippen LogP contribution in [0.4, 0.5) is 0 Å². The van der Waals surface area contributed by atoms with Crippen molar-refractivity contribution in [1.29, 1.82) is 0 Å². The molecule has 1 aliphatic rings. The number of carboxylic acids is 1. The summed E-state index contributed by atoms with van der Waals surface area (Å²) in [5.41, 5.74) is 0.702. The van der Waals surface area contributed by atoms with E-state index in [-0.39, 0.29) is 24.7 Å². The summed E-state index contributed by atoms with van der Waals surface area (Å²) in [6.45, 7) is 0.892. The third-order valence-electron chi connectivity index (χ3n) is 4.40. The summed E-state index contributed by atoms with van der Waals surface area (Å²) in [6, 6.07) is 7.11. The Hall–Kier alpha value is -2.41.